The Hall–Kier alpha value is -1.13. The minimum absolute atomic E-state index is 0.585. The summed E-state index contributed by atoms with van der Waals surface area (Å²) in [5.74, 6) is 1.11. The number of hydrogen-bond donors (Lipinski definition) is 1. The van der Waals surface area contributed by atoms with Gasteiger partial charge in [-0.15, -0.1) is 0 Å². The first-order chi connectivity index (χ1) is 9.29. The molecule has 1 aromatic heterocycles. The number of rotatable bonds is 6. The van der Waals surface area contributed by atoms with Gasteiger partial charge in [0.25, 0.3) is 0 Å². The zero-order valence-corrected chi connectivity index (χ0v) is 12.2. The lowest BCUT2D eigenvalue weighted by molar-refractivity contribution is 0.234. The van der Waals surface area contributed by atoms with E-state index in [0.717, 1.165) is 45.1 Å². The molecule has 0 aromatic carbocycles. The van der Waals surface area contributed by atoms with Gasteiger partial charge in [-0.1, -0.05) is 13.0 Å². The van der Waals surface area contributed by atoms with Crippen molar-refractivity contribution < 1.29 is 0 Å². The van der Waals surface area contributed by atoms with Gasteiger partial charge in [-0.25, -0.2) is 4.98 Å². The van der Waals surface area contributed by atoms with E-state index < -0.39 is 0 Å². The Bertz CT molecular complexity index is 346. The average Bonchev–Trinajstić information content (AvgIpc) is 2.47. The van der Waals surface area contributed by atoms with E-state index in [-0.39, 0.29) is 0 Å². The third kappa shape index (κ3) is 4.48. The molecule has 1 fully saturated rings. The number of hydrogen-bond acceptors (Lipinski definition) is 4. The van der Waals surface area contributed by atoms with Crippen molar-refractivity contribution in [3.05, 3.63) is 24.4 Å². The van der Waals surface area contributed by atoms with Crippen molar-refractivity contribution in [2.45, 2.75) is 26.3 Å². The Morgan fingerprint density at radius 2 is 2.05 bits per heavy atom. The fourth-order valence-electron chi connectivity index (χ4n) is 2.54. The first kappa shape index (κ1) is 14.3. The Balaban J connectivity index is 1.73. The molecule has 0 radical (unpaired) electrons. The molecule has 1 aliphatic heterocycles. The van der Waals surface area contributed by atoms with Gasteiger partial charge < -0.3 is 10.2 Å². The summed E-state index contributed by atoms with van der Waals surface area (Å²) in [6.07, 6.45) is 3.08. The highest BCUT2D eigenvalue weighted by Gasteiger charge is 2.18. The molecule has 0 aliphatic carbocycles. The predicted octanol–water partition coefficient (Wildman–Crippen LogP) is 1.59. The largest absolute Gasteiger partial charge is 0.354 e. The van der Waals surface area contributed by atoms with E-state index in [4.69, 9.17) is 0 Å². The first-order valence-electron chi connectivity index (χ1n) is 7.41. The summed E-state index contributed by atoms with van der Waals surface area (Å²) in [4.78, 5) is 9.35. The minimum Gasteiger partial charge on any atom is -0.354 e. The number of nitrogens with zero attached hydrogens (tertiary/aromatic N) is 3. The summed E-state index contributed by atoms with van der Waals surface area (Å²) in [5, 5.41) is 3.55. The van der Waals surface area contributed by atoms with Gasteiger partial charge in [0, 0.05) is 45.0 Å². The monoisotopic (exact) mass is 262 g/mol. The quantitative estimate of drug-likeness (QED) is 0.843. The van der Waals surface area contributed by atoms with E-state index in [0.29, 0.717) is 6.04 Å². The molecule has 4 heteroatoms. The molecule has 0 bridgehead atoms. The van der Waals surface area contributed by atoms with E-state index in [9.17, 15) is 0 Å². The molecule has 1 N–H and O–H groups in total. The lowest BCUT2D eigenvalue weighted by atomic mass is 10.2. The molecule has 106 valence electrons. The van der Waals surface area contributed by atoms with Crippen molar-refractivity contribution >= 4 is 5.82 Å². The molecule has 4 nitrogen and oxygen atoms in total. The molecule has 1 saturated heterocycles. The van der Waals surface area contributed by atoms with Crippen molar-refractivity contribution in [2.75, 3.05) is 44.2 Å². The summed E-state index contributed by atoms with van der Waals surface area (Å²) in [7, 11) is 0. The molecule has 19 heavy (non-hydrogen) atoms. The molecule has 1 aliphatic rings. The van der Waals surface area contributed by atoms with Crippen LogP contribution in [0.1, 0.15) is 20.3 Å². The number of piperazine rings is 1. The van der Waals surface area contributed by atoms with Crippen LogP contribution in [0.15, 0.2) is 24.4 Å². The SMILES string of the molecule is CCCNC(C)CN1CCN(c2ccccn2)CC1. The van der Waals surface area contributed by atoms with Crippen LogP contribution in [0.2, 0.25) is 0 Å². The minimum atomic E-state index is 0.585. The fraction of sp³-hybridized carbons (Fsp3) is 0.667. The van der Waals surface area contributed by atoms with Crippen molar-refractivity contribution in [1.29, 1.82) is 0 Å². The van der Waals surface area contributed by atoms with Gasteiger partial charge in [0.2, 0.25) is 0 Å². The second-order valence-corrected chi connectivity index (χ2v) is 5.33. The fourth-order valence-corrected chi connectivity index (χ4v) is 2.54. The highest BCUT2D eigenvalue weighted by molar-refractivity contribution is 5.38. The Morgan fingerprint density at radius 1 is 1.26 bits per heavy atom. The molecular weight excluding hydrogens is 236 g/mol. The molecule has 0 saturated carbocycles. The number of nitrogens with one attached hydrogen (secondary N) is 1. The molecule has 0 amide bonds. The molecule has 2 heterocycles. The van der Waals surface area contributed by atoms with Gasteiger partial charge in [-0.05, 0) is 32.0 Å². The van der Waals surface area contributed by atoms with Crippen molar-refractivity contribution in [2.24, 2.45) is 0 Å². The average molecular weight is 262 g/mol. The number of aromatic nitrogens is 1. The van der Waals surface area contributed by atoms with Crippen LogP contribution in [-0.2, 0) is 0 Å². The Labute approximate surface area is 116 Å². The maximum atomic E-state index is 4.42. The van der Waals surface area contributed by atoms with Crippen molar-refractivity contribution in [3.63, 3.8) is 0 Å². The van der Waals surface area contributed by atoms with E-state index >= 15 is 0 Å². The maximum absolute atomic E-state index is 4.42. The smallest absolute Gasteiger partial charge is 0.128 e. The Kier molecular flexibility index (Phi) is 5.61. The van der Waals surface area contributed by atoms with Crippen molar-refractivity contribution in [3.8, 4) is 0 Å². The number of anilines is 1. The summed E-state index contributed by atoms with van der Waals surface area (Å²) < 4.78 is 0. The zero-order chi connectivity index (χ0) is 13.5. The van der Waals surface area contributed by atoms with Gasteiger partial charge in [0.1, 0.15) is 5.82 Å². The van der Waals surface area contributed by atoms with E-state index in [1.165, 1.54) is 6.42 Å². The lowest BCUT2D eigenvalue weighted by Gasteiger charge is -2.36. The van der Waals surface area contributed by atoms with Crippen LogP contribution in [0.5, 0.6) is 0 Å². The van der Waals surface area contributed by atoms with Crippen LogP contribution in [-0.4, -0.2) is 55.2 Å². The van der Waals surface area contributed by atoms with Crippen LogP contribution < -0.4 is 10.2 Å². The third-order valence-corrected chi connectivity index (χ3v) is 3.62. The number of pyridine rings is 1. The van der Waals surface area contributed by atoms with E-state index in [1.807, 2.05) is 12.3 Å². The molecule has 0 spiro atoms. The molecule has 1 aromatic rings. The topological polar surface area (TPSA) is 31.4 Å². The van der Waals surface area contributed by atoms with E-state index in [2.05, 4.69) is 46.1 Å². The third-order valence-electron chi connectivity index (χ3n) is 3.62. The summed E-state index contributed by atoms with van der Waals surface area (Å²) >= 11 is 0. The van der Waals surface area contributed by atoms with E-state index in [1.54, 1.807) is 0 Å². The Morgan fingerprint density at radius 3 is 2.68 bits per heavy atom. The van der Waals surface area contributed by atoms with Crippen LogP contribution in [0, 0.1) is 0 Å². The van der Waals surface area contributed by atoms with Crippen molar-refractivity contribution in [1.82, 2.24) is 15.2 Å². The van der Waals surface area contributed by atoms with Gasteiger partial charge in [-0.3, -0.25) is 4.90 Å². The lowest BCUT2D eigenvalue weighted by Crippen LogP contribution is -2.50. The molecule has 2 rings (SSSR count). The molecule has 1 atom stereocenters. The summed E-state index contributed by atoms with van der Waals surface area (Å²) in [5.41, 5.74) is 0. The second-order valence-electron chi connectivity index (χ2n) is 5.33. The first-order valence-corrected chi connectivity index (χ1v) is 7.41. The van der Waals surface area contributed by atoms with Gasteiger partial charge in [0.15, 0.2) is 0 Å². The highest BCUT2D eigenvalue weighted by atomic mass is 15.3. The van der Waals surface area contributed by atoms with Gasteiger partial charge >= 0.3 is 0 Å². The highest BCUT2D eigenvalue weighted by Crippen LogP contribution is 2.12. The standard InChI is InChI=1S/C15H26N4/c1-3-7-16-14(2)13-18-9-11-19(12-10-18)15-6-4-5-8-17-15/h4-6,8,14,16H,3,7,9-13H2,1-2H3. The maximum Gasteiger partial charge on any atom is 0.128 e. The van der Waals surface area contributed by atoms with Crippen LogP contribution in [0.25, 0.3) is 0 Å². The molecule has 1 unspecified atom stereocenters. The summed E-state index contributed by atoms with van der Waals surface area (Å²) in [6, 6.07) is 6.72. The van der Waals surface area contributed by atoms with Crippen LogP contribution >= 0.6 is 0 Å². The zero-order valence-electron chi connectivity index (χ0n) is 12.2. The molecular formula is C15H26N4. The van der Waals surface area contributed by atoms with Crippen LogP contribution in [0.4, 0.5) is 5.82 Å². The van der Waals surface area contributed by atoms with Crippen LogP contribution in [0.3, 0.4) is 0 Å². The predicted molar refractivity (Wildman–Crippen MR) is 80.6 cm³/mol. The van der Waals surface area contributed by atoms with Gasteiger partial charge in [0.05, 0.1) is 0 Å². The second kappa shape index (κ2) is 7.46. The van der Waals surface area contributed by atoms with Gasteiger partial charge in [-0.2, -0.15) is 0 Å². The normalized spacial score (nSPS) is 18.5. The summed E-state index contributed by atoms with van der Waals surface area (Å²) in [6.45, 7) is 11.2.